The monoisotopic (exact) mass is 447 g/mol. The van der Waals surface area contributed by atoms with Crippen molar-refractivity contribution in [3.63, 3.8) is 0 Å². The standard InChI is InChI=1S/C23H31F2N5O2/c24-23(25)32-20-8-13(12-28-22(20)27)19(29-14-2-1-3-14)11-18(26)21-16-9-15(10-17(16)21)30-4-6-31-7-5-30/h8,11-12,14-17,21,23H,1-7,9-10,26H2,(H2,27,28)/t15?,16-,17+,21?. The molecule has 3 saturated carbocycles. The Morgan fingerprint density at radius 3 is 2.59 bits per heavy atom. The summed E-state index contributed by atoms with van der Waals surface area (Å²) in [7, 11) is 0. The number of allylic oxidation sites excluding steroid dienone is 2. The van der Waals surface area contributed by atoms with Crippen molar-refractivity contribution in [1.82, 2.24) is 9.88 Å². The van der Waals surface area contributed by atoms with Crippen molar-refractivity contribution < 1.29 is 18.3 Å². The van der Waals surface area contributed by atoms with Crippen LogP contribution in [0.4, 0.5) is 14.6 Å². The van der Waals surface area contributed by atoms with E-state index >= 15 is 0 Å². The van der Waals surface area contributed by atoms with Crippen LogP contribution in [0.25, 0.3) is 0 Å². The molecule has 174 valence electrons. The normalized spacial score (nSPS) is 31.5. The molecule has 0 aromatic carbocycles. The number of aliphatic imine (C=N–C) groups is 1. The average molecular weight is 448 g/mol. The summed E-state index contributed by atoms with van der Waals surface area (Å²) in [6.07, 6.45) is 9.02. The Hall–Kier alpha value is -2.26. The Kier molecular flexibility index (Phi) is 6.03. The van der Waals surface area contributed by atoms with Gasteiger partial charge < -0.3 is 20.9 Å². The Bertz CT molecular complexity index is 886. The van der Waals surface area contributed by atoms with Gasteiger partial charge in [-0.05, 0) is 56.1 Å². The third-order valence-electron chi connectivity index (χ3n) is 7.46. The molecule has 1 aliphatic heterocycles. The van der Waals surface area contributed by atoms with Crippen LogP contribution >= 0.6 is 0 Å². The second-order valence-electron chi connectivity index (χ2n) is 9.36. The lowest BCUT2D eigenvalue weighted by Gasteiger charge is -2.33. The SMILES string of the molecule is NC(=CC(=NC1CCC1)c1cnc(N)c(OC(F)F)c1)C1[C@H]2CC(N3CCOCC3)C[C@@H]12. The Morgan fingerprint density at radius 2 is 1.97 bits per heavy atom. The van der Waals surface area contributed by atoms with Crippen LogP contribution in [0.3, 0.4) is 0 Å². The highest BCUT2D eigenvalue weighted by molar-refractivity contribution is 6.09. The summed E-state index contributed by atoms with van der Waals surface area (Å²) in [5, 5.41) is 0. The number of nitrogen functional groups attached to an aromatic ring is 1. The molecule has 0 amide bonds. The average Bonchev–Trinajstić information content (AvgIpc) is 3.25. The fraction of sp³-hybridized carbons (Fsp3) is 0.652. The second-order valence-corrected chi connectivity index (χ2v) is 9.36. The molecule has 9 heteroatoms. The Labute approximate surface area is 186 Å². The topological polar surface area (TPSA) is 99.0 Å². The molecule has 4 N–H and O–H groups in total. The molecule has 1 aromatic rings. The van der Waals surface area contributed by atoms with Crippen molar-refractivity contribution in [1.29, 1.82) is 0 Å². The van der Waals surface area contributed by atoms with Gasteiger partial charge >= 0.3 is 6.61 Å². The van der Waals surface area contributed by atoms with Crippen LogP contribution < -0.4 is 16.2 Å². The third kappa shape index (κ3) is 4.45. The number of hydrogen-bond acceptors (Lipinski definition) is 7. The van der Waals surface area contributed by atoms with Crippen LogP contribution in [0, 0.1) is 17.8 Å². The van der Waals surface area contributed by atoms with Gasteiger partial charge in [0.25, 0.3) is 0 Å². The summed E-state index contributed by atoms with van der Waals surface area (Å²) >= 11 is 0. The van der Waals surface area contributed by atoms with Crippen LogP contribution in [0.5, 0.6) is 5.75 Å². The molecule has 7 nitrogen and oxygen atoms in total. The maximum atomic E-state index is 12.8. The lowest BCUT2D eigenvalue weighted by molar-refractivity contribution is -0.0495. The lowest BCUT2D eigenvalue weighted by atomic mass is 9.93. The fourth-order valence-electron chi connectivity index (χ4n) is 5.49. The van der Waals surface area contributed by atoms with Gasteiger partial charge in [0.05, 0.1) is 25.0 Å². The van der Waals surface area contributed by atoms with E-state index in [9.17, 15) is 8.78 Å². The summed E-state index contributed by atoms with van der Waals surface area (Å²) in [5.41, 5.74) is 14.4. The maximum absolute atomic E-state index is 12.8. The molecular formula is C23H31F2N5O2. The van der Waals surface area contributed by atoms with E-state index in [1.54, 1.807) is 6.20 Å². The minimum Gasteiger partial charge on any atom is -0.431 e. The summed E-state index contributed by atoms with van der Waals surface area (Å²) in [5.74, 6) is 1.40. The number of halogens is 2. The van der Waals surface area contributed by atoms with Gasteiger partial charge in [0.2, 0.25) is 0 Å². The van der Waals surface area contributed by atoms with Crippen LogP contribution in [-0.4, -0.2) is 60.6 Å². The zero-order chi connectivity index (χ0) is 22.2. The molecule has 0 spiro atoms. The second kappa shape index (κ2) is 8.94. The zero-order valence-corrected chi connectivity index (χ0v) is 18.1. The number of aromatic nitrogens is 1. The first kappa shape index (κ1) is 21.6. The molecule has 3 aliphatic carbocycles. The number of morpholine rings is 1. The first-order valence-electron chi connectivity index (χ1n) is 11.6. The van der Waals surface area contributed by atoms with E-state index in [-0.39, 0.29) is 17.6 Å². The van der Waals surface area contributed by atoms with Gasteiger partial charge in [0, 0.05) is 42.5 Å². The molecule has 2 unspecified atom stereocenters. The number of hydrogen-bond donors (Lipinski definition) is 2. The zero-order valence-electron chi connectivity index (χ0n) is 18.1. The first-order valence-corrected chi connectivity index (χ1v) is 11.6. The van der Waals surface area contributed by atoms with Crippen molar-refractivity contribution in [2.75, 3.05) is 32.0 Å². The minimum absolute atomic E-state index is 0.0696. The third-order valence-corrected chi connectivity index (χ3v) is 7.46. The van der Waals surface area contributed by atoms with Crippen LogP contribution in [0.2, 0.25) is 0 Å². The van der Waals surface area contributed by atoms with Gasteiger partial charge in [0.1, 0.15) is 0 Å². The number of ether oxygens (including phenoxy) is 2. The number of nitrogens with zero attached hydrogens (tertiary/aromatic N) is 3. The predicted octanol–water partition coefficient (Wildman–Crippen LogP) is 2.81. The van der Waals surface area contributed by atoms with Crippen LogP contribution in [-0.2, 0) is 4.74 Å². The predicted molar refractivity (Wildman–Crippen MR) is 118 cm³/mol. The smallest absolute Gasteiger partial charge is 0.387 e. The molecule has 2 heterocycles. The summed E-state index contributed by atoms with van der Waals surface area (Å²) in [6.45, 7) is 0.722. The summed E-state index contributed by atoms with van der Waals surface area (Å²) < 4.78 is 35.5. The van der Waals surface area contributed by atoms with E-state index in [0.717, 1.165) is 51.3 Å². The maximum Gasteiger partial charge on any atom is 0.387 e. The Morgan fingerprint density at radius 1 is 1.25 bits per heavy atom. The van der Waals surface area contributed by atoms with E-state index in [2.05, 4.69) is 14.6 Å². The van der Waals surface area contributed by atoms with Crippen molar-refractivity contribution in [3.8, 4) is 5.75 Å². The molecule has 4 fully saturated rings. The minimum atomic E-state index is -2.97. The largest absolute Gasteiger partial charge is 0.431 e. The number of nitrogens with two attached hydrogens (primary N) is 2. The highest BCUT2D eigenvalue weighted by Gasteiger charge is 2.57. The highest BCUT2D eigenvalue weighted by Crippen LogP contribution is 2.60. The molecular weight excluding hydrogens is 416 g/mol. The highest BCUT2D eigenvalue weighted by atomic mass is 19.3. The van der Waals surface area contributed by atoms with Gasteiger partial charge in [0.15, 0.2) is 11.6 Å². The van der Waals surface area contributed by atoms with Crippen LogP contribution in [0.1, 0.15) is 37.7 Å². The van der Waals surface area contributed by atoms with Gasteiger partial charge in [-0.25, -0.2) is 4.98 Å². The number of anilines is 1. The Balaban J connectivity index is 1.31. The van der Waals surface area contributed by atoms with Crippen molar-refractivity contribution in [3.05, 3.63) is 29.6 Å². The van der Waals surface area contributed by atoms with E-state index in [1.165, 1.54) is 18.9 Å². The number of fused-ring (bicyclic) bond motifs is 1. The molecule has 0 radical (unpaired) electrons. The van der Waals surface area contributed by atoms with Crippen molar-refractivity contribution in [2.24, 2.45) is 28.5 Å². The molecule has 32 heavy (non-hydrogen) atoms. The molecule has 4 aliphatic rings. The number of pyridine rings is 1. The first-order chi connectivity index (χ1) is 15.5. The summed E-state index contributed by atoms with van der Waals surface area (Å²) in [6, 6.07) is 2.35. The van der Waals surface area contributed by atoms with E-state index in [4.69, 9.17) is 21.2 Å². The molecule has 1 aromatic heterocycles. The van der Waals surface area contributed by atoms with Gasteiger partial charge in [-0.1, -0.05) is 0 Å². The molecule has 5 rings (SSSR count). The van der Waals surface area contributed by atoms with Crippen LogP contribution in [0.15, 0.2) is 29.0 Å². The summed E-state index contributed by atoms with van der Waals surface area (Å²) in [4.78, 5) is 11.4. The fourth-order valence-corrected chi connectivity index (χ4v) is 5.49. The number of alkyl halides is 2. The van der Waals surface area contributed by atoms with E-state index < -0.39 is 6.61 Å². The van der Waals surface area contributed by atoms with Gasteiger partial charge in [-0.3, -0.25) is 9.89 Å². The lowest BCUT2D eigenvalue weighted by Crippen LogP contribution is -2.43. The van der Waals surface area contributed by atoms with Gasteiger partial charge in [-0.2, -0.15) is 8.78 Å². The molecule has 4 atom stereocenters. The van der Waals surface area contributed by atoms with E-state index in [0.29, 0.717) is 35.1 Å². The molecule has 0 bridgehead atoms. The number of rotatable bonds is 7. The van der Waals surface area contributed by atoms with Crippen molar-refractivity contribution >= 4 is 11.5 Å². The molecule has 1 saturated heterocycles. The van der Waals surface area contributed by atoms with E-state index in [1.807, 2.05) is 6.08 Å². The van der Waals surface area contributed by atoms with Crippen molar-refractivity contribution in [2.45, 2.75) is 50.8 Å². The quantitative estimate of drug-likeness (QED) is 0.624. The van der Waals surface area contributed by atoms with Gasteiger partial charge in [-0.15, -0.1) is 0 Å².